The molecule has 0 fully saturated rings. The smallest absolute Gasteiger partial charge is 0.240 e. The highest BCUT2D eigenvalue weighted by Crippen LogP contribution is 2.10. The maximum Gasteiger partial charge on any atom is 0.240 e. The van der Waals surface area contributed by atoms with Crippen LogP contribution in [0.5, 0.6) is 0 Å². The molecule has 6 nitrogen and oxygen atoms in total. The van der Waals surface area contributed by atoms with Crippen molar-refractivity contribution in [2.45, 2.75) is 33.1 Å². The van der Waals surface area contributed by atoms with Crippen molar-refractivity contribution < 1.29 is 9.59 Å². The van der Waals surface area contributed by atoms with Crippen LogP contribution in [0, 0.1) is 0 Å². The third-order valence-electron chi connectivity index (χ3n) is 3.26. The van der Waals surface area contributed by atoms with Crippen molar-refractivity contribution in [3.63, 3.8) is 0 Å². The molecule has 0 aromatic carbocycles. The Balaban J connectivity index is 1.66. The summed E-state index contributed by atoms with van der Waals surface area (Å²) in [6.07, 6.45) is 0.920. The Hall–Kier alpha value is -2.32. The number of rotatable bonds is 8. The summed E-state index contributed by atoms with van der Waals surface area (Å²) in [7, 11) is 0. The van der Waals surface area contributed by atoms with E-state index in [9.17, 15) is 9.59 Å². The molecule has 2 N–H and O–H groups in total. The molecular weight excluding hydrogens is 356 g/mol. The highest BCUT2D eigenvalue weighted by atomic mass is 32.1. The minimum atomic E-state index is -0.207. The van der Waals surface area contributed by atoms with Gasteiger partial charge in [0.15, 0.2) is 0 Å². The Morgan fingerprint density at radius 1 is 0.880 bits per heavy atom. The molecule has 2 rings (SSSR count). The standard InChI is InChI=1S/C17H20N4O2S2/c1-12(14-6-4-10-24-14)18-20-16(22)8-3-9-17(23)21-19-13(2)15-7-5-11-25-15/h4-7,10-11H,3,8-9H2,1-2H3,(H,20,22)(H,21,23). The number of thiophene rings is 2. The lowest BCUT2D eigenvalue weighted by Gasteiger charge is -2.02. The van der Waals surface area contributed by atoms with Gasteiger partial charge in [-0.3, -0.25) is 9.59 Å². The summed E-state index contributed by atoms with van der Waals surface area (Å²) < 4.78 is 0. The summed E-state index contributed by atoms with van der Waals surface area (Å²) >= 11 is 3.13. The van der Waals surface area contributed by atoms with Crippen molar-refractivity contribution in [3.8, 4) is 0 Å². The zero-order valence-corrected chi connectivity index (χ0v) is 15.7. The molecule has 0 atom stereocenters. The van der Waals surface area contributed by atoms with Gasteiger partial charge in [-0.2, -0.15) is 10.2 Å². The normalized spacial score (nSPS) is 12.1. The van der Waals surface area contributed by atoms with E-state index in [-0.39, 0.29) is 24.7 Å². The van der Waals surface area contributed by atoms with Gasteiger partial charge in [-0.1, -0.05) is 12.1 Å². The zero-order chi connectivity index (χ0) is 18.1. The van der Waals surface area contributed by atoms with Crippen molar-refractivity contribution in [2.24, 2.45) is 10.2 Å². The average Bonchev–Trinajstić information content (AvgIpc) is 3.30. The number of amides is 2. The summed E-state index contributed by atoms with van der Waals surface area (Å²) in [6.45, 7) is 3.68. The van der Waals surface area contributed by atoms with Crippen LogP contribution in [0.1, 0.15) is 42.9 Å². The van der Waals surface area contributed by atoms with Crippen molar-refractivity contribution in [3.05, 3.63) is 44.8 Å². The molecule has 8 heteroatoms. The van der Waals surface area contributed by atoms with E-state index in [1.54, 1.807) is 22.7 Å². The van der Waals surface area contributed by atoms with Crippen LogP contribution in [0.4, 0.5) is 0 Å². The Bertz CT molecular complexity index is 685. The van der Waals surface area contributed by atoms with E-state index in [1.807, 2.05) is 48.9 Å². The van der Waals surface area contributed by atoms with Gasteiger partial charge in [-0.15, -0.1) is 22.7 Å². The highest BCUT2D eigenvalue weighted by Gasteiger charge is 2.06. The fourth-order valence-electron chi connectivity index (χ4n) is 1.89. The third kappa shape index (κ3) is 6.60. The van der Waals surface area contributed by atoms with Gasteiger partial charge in [0.25, 0.3) is 0 Å². The SMILES string of the molecule is CC(=NNC(=O)CCCC(=O)NN=C(C)c1cccs1)c1cccs1. The first-order chi connectivity index (χ1) is 12.1. The van der Waals surface area contributed by atoms with E-state index in [2.05, 4.69) is 21.1 Å². The quantitative estimate of drug-likeness (QED) is 0.547. The van der Waals surface area contributed by atoms with E-state index >= 15 is 0 Å². The van der Waals surface area contributed by atoms with Crippen LogP contribution in [-0.2, 0) is 9.59 Å². The van der Waals surface area contributed by atoms with Gasteiger partial charge in [-0.05, 0) is 43.2 Å². The summed E-state index contributed by atoms with van der Waals surface area (Å²) in [4.78, 5) is 25.5. The molecule has 0 aliphatic carbocycles. The summed E-state index contributed by atoms with van der Waals surface area (Å²) in [5, 5.41) is 12.0. The van der Waals surface area contributed by atoms with Crippen LogP contribution >= 0.6 is 22.7 Å². The fraction of sp³-hybridized carbons (Fsp3) is 0.294. The molecule has 2 aromatic heterocycles. The van der Waals surface area contributed by atoms with E-state index in [0.717, 1.165) is 21.2 Å². The molecule has 0 radical (unpaired) electrons. The molecule has 2 heterocycles. The zero-order valence-electron chi connectivity index (χ0n) is 14.1. The molecule has 0 saturated carbocycles. The first-order valence-corrected chi connectivity index (χ1v) is 9.56. The Kier molecular flexibility index (Phi) is 7.49. The predicted molar refractivity (Wildman–Crippen MR) is 103 cm³/mol. The van der Waals surface area contributed by atoms with E-state index < -0.39 is 0 Å². The maximum absolute atomic E-state index is 11.7. The number of hydrazone groups is 2. The second kappa shape index (κ2) is 9.85. The number of nitrogens with one attached hydrogen (secondary N) is 2. The van der Waals surface area contributed by atoms with Crippen LogP contribution in [0.15, 0.2) is 45.2 Å². The second-order valence-electron chi connectivity index (χ2n) is 5.27. The molecule has 0 unspecified atom stereocenters. The largest absolute Gasteiger partial charge is 0.273 e. The molecule has 2 amide bonds. The number of nitrogens with zero attached hydrogens (tertiary/aromatic N) is 2. The van der Waals surface area contributed by atoms with Gasteiger partial charge < -0.3 is 0 Å². The summed E-state index contributed by atoms with van der Waals surface area (Å²) in [5.74, 6) is -0.413. The third-order valence-corrected chi connectivity index (χ3v) is 5.22. The Morgan fingerprint density at radius 3 is 1.68 bits per heavy atom. The lowest BCUT2D eigenvalue weighted by molar-refractivity contribution is -0.122. The van der Waals surface area contributed by atoms with Crippen LogP contribution in [0.3, 0.4) is 0 Å². The van der Waals surface area contributed by atoms with Gasteiger partial charge >= 0.3 is 0 Å². The average molecular weight is 377 g/mol. The molecule has 0 bridgehead atoms. The summed E-state index contributed by atoms with van der Waals surface area (Å²) in [6, 6.07) is 7.75. The number of carbonyl (C=O) groups is 2. The predicted octanol–water partition coefficient (Wildman–Crippen LogP) is 3.36. The first-order valence-electron chi connectivity index (χ1n) is 7.80. The number of hydrogen-bond acceptors (Lipinski definition) is 6. The van der Waals surface area contributed by atoms with Crippen LogP contribution < -0.4 is 10.9 Å². The molecule has 25 heavy (non-hydrogen) atoms. The van der Waals surface area contributed by atoms with Crippen LogP contribution in [-0.4, -0.2) is 23.2 Å². The monoisotopic (exact) mass is 376 g/mol. The van der Waals surface area contributed by atoms with Gasteiger partial charge in [0.05, 0.1) is 11.4 Å². The van der Waals surface area contributed by atoms with Crippen molar-refractivity contribution in [1.29, 1.82) is 0 Å². The molecule has 2 aromatic rings. The Morgan fingerprint density at radius 2 is 1.32 bits per heavy atom. The minimum absolute atomic E-state index is 0.207. The molecular formula is C17H20N4O2S2. The maximum atomic E-state index is 11.7. The molecule has 0 spiro atoms. The minimum Gasteiger partial charge on any atom is -0.273 e. The van der Waals surface area contributed by atoms with Gasteiger partial charge in [-0.25, -0.2) is 10.9 Å². The Labute approximate surface area is 154 Å². The van der Waals surface area contributed by atoms with Gasteiger partial charge in [0.1, 0.15) is 0 Å². The van der Waals surface area contributed by atoms with Crippen molar-refractivity contribution >= 4 is 45.9 Å². The summed E-state index contributed by atoms with van der Waals surface area (Å²) in [5.41, 5.74) is 6.55. The van der Waals surface area contributed by atoms with Gasteiger partial charge in [0.2, 0.25) is 11.8 Å². The van der Waals surface area contributed by atoms with E-state index in [0.29, 0.717) is 6.42 Å². The molecule has 0 aliphatic heterocycles. The second-order valence-corrected chi connectivity index (χ2v) is 7.17. The molecule has 132 valence electrons. The highest BCUT2D eigenvalue weighted by molar-refractivity contribution is 7.12. The number of carbonyl (C=O) groups excluding carboxylic acids is 2. The van der Waals surface area contributed by atoms with Crippen molar-refractivity contribution in [1.82, 2.24) is 10.9 Å². The molecule has 0 aliphatic rings. The van der Waals surface area contributed by atoms with Crippen molar-refractivity contribution in [2.75, 3.05) is 0 Å². The van der Waals surface area contributed by atoms with Crippen LogP contribution in [0.25, 0.3) is 0 Å². The lowest BCUT2D eigenvalue weighted by Crippen LogP contribution is -2.21. The fourth-order valence-corrected chi connectivity index (χ4v) is 3.25. The number of hydrogen-bond donors (Lipinski definition) is 2. The molecule has 0 saturated heterocycles. The lowest BCUT2D eigenvalue weighted by atomic mass is 10.2. The topological polar surface area (TPSA) is 82.9 Å². The first kappa shape index (κ1) is 19.0. The van der Waals surface area contributed by atoms with Gasteiger partial charge in [0, 0.05) is 22.6 Å². The van der Waals surface area contributed by atoms with E-state index in [4.69, 9.17) is 0 Å². The van der Waals surface area contributed by atoms with E-state index in [1.165, 1.54) is 0 Å². The van der Waals surface area contributed by atoms with Crippen LogP contribution in [0.2, 0.25) is 0 Å².